The lowest BCUT2D eigenvalue weighted by Crippen LogP contribution is -2.55. The van der Waals surface area contributed by atoms with E-state index < -0.39 is 5.54 Å². The Morgan fingerprint density at radius 1 is 1.11 bits per heavy atom. The summed E-state index contributed by atoms with van der Waals surface area (Å²) in [4.78, 5) is 34.0. The normalized spacial score (nSPS) is 20.9. The number of furan rings is 1. The summed E-state index contributed by atoms with van der Waals surface area (Å²) in [6, 6.07) is 10.9. The van der Waals surface area contributed by atoms with Crippen molar-refractivity contribution in [1.82, 2.24) is 9.80 Å². The molecule has 2 saturated carbocycles. The minimum absolute atomic E-state index is 0.0187. The van der Waals surface area contributed by atoms with Gasteiger partial charge in [0.05, 0.1) is 0 Å². The number of aryl methyl sites for hydroxylation is 2. The maximum atomic E-state index is 15.5. The zero-order chi connectivity index (χ0) is 24.8. The second kappa shape index (κ2) is 7.51. The van der Waals surface area contributed by atoms with Crippen LogP contribution in [0, 0.1) is 31.5 Å². The fourth-order valence-corrected chi connectivity index (χ4v) is 5.60. The zero-order valence-electron chi connectivity index (χ0n) is 20.5. The van der Waals surface area contributed by atoms with Crippen molar-refractivity contribution in [2.45, 2.75) is 45.1 Å². The molecule has 3 fully saturated rings. The van der Waals surface area contributed by atoms with E-state index in [4.69, 9.17) is 9.41 Å². The third-order valence-corrected chi connectivity index (χ3v) is 8.29. The second-order valence-electron chi connectivity index (χ2n) is 11.0. The molecule has 36 heavy (non-hydrogen) atoms. The summed E-state index contributed by atoms with van der Waals surface area (Å²) >= 11 is 0. The molecular weight excluding hydrogens is 457 g/mol. The van der Waals surface area contributed by atoms with E-state index in [0.29, 0.717) is 36.6 Å². The molecule has 2 aliphatic heterocycles. The Hall–Kier alpha value is -3.48. The summed E-state index contributed by atoms with van der Waals surface area (Å²) in [5, 5.41) is 0.982. The number of carbonyl (C=O) groups excluding carboxylic acids is 2. The number of nitrogens with zero attached hydrogens (tertiary/aromatic N) is 3. The maximum absolute atomic E-state index is 15.5. The first-order valence-corrected chi connectivity index (χ1v) is 12.8. The molecule has 7 rings (SSSR count). The molecule has 3 aromatic rings. The molecule has 0 bridgehead atoms. The van der Waals surface area contributed by atoms with Crippen LogP contribution in [0.1, 0.15) is 42.6 Å². The van der Waals surface area contributed by atoms with Crippen molar-refractivity contribution < 1.29 is 18.4 Å². The van der Waals surface area contributed by atoms with E-state index in [-0.39, 0.29) is 29.5 Å². The number of amidine groups is 1. The van der Waals surface area contributed by atoms with Gasteiger partial charge in [-0.25, -0.2) is 4.39 Å². The largest absolute Gasteiger partial charge is 0.461 e. The molecule has 2 aromatic carbocycles. The van der Waals surface area contributed by atoms with Gasteiger partial charge in [0.1, 0.15) is 28.5 Å². The maximum Gasteiger partial charge on any atom is 0.256 e. The lowest BCUT2D eigenvalue weighted by molar-refractivity contribution is -0.139. The van der Waals surface area contributed by atoms with E-state index >= 15 is 4.39 Å². The zero-order valence-corrected chi connectivity index (χ0v) is 20.5. The van der Waals surface area contributed by atoms with E-state index in [1.807, 2.05) is 43.0 Å². The van der Waals surface area contributed by atoms with Crippen LogP contribution in [0.25, 0.3) is 22.1 Å². The number of halogens is 1. The number of aliphatic imine (C=N–C) groups is 1. The molecule has 1 saturated heterocycles. The topological polar surface area (TPSA) is 66.1 Å². The summed E-state index contributed by atoms with van der Waals surface area (Å²) in [5.41, 5.74) is 3.11. The molecule has 4 aliphatic rings. The molecule has 0 unspecified atom stereocenters. The van der Waals surface area contributed by atoms with Crippen LogP contribution in [-0.4, -0.2) is 52.6 Å². The highest BCUT2D eigenvalue weighted by Crippen LogP contribution is 2.46. The van der Waals surface area contributed by atoms with Crippen LogP contribution in [0.15, 0.2) is 45.8 Å². The Kier molecular flexibility index (Phi) is 4.54. The van der Waals surface area contributed by atoms with E-state index in [9.17, 15) is 9.59 Å². The fraction of sp³-hybridized carbons (Fsp3) is 0.414. The average molecular weight is 486 g/mol. The molecule has 184 valence electrons. The van der Waals surface area contributed by atoms with Gasteiger partial charge in [0.2, 0.25) is 5.91 Å². The number of amides is 2. The van der Waals surface area contributed by atoms with Crippen molar-refractivity contribution in [2.75, 3.05) is 19.6 Å². The highest BCUT2D eigenvalue weighted by Gasteiger charge is 2.58. The minimum Gasteiger partial charge on any atom is -0.461 e. The molecule has 2 aliphatic carbocycles. The molecule has 6 nitrogen and oxygen atoms in total. The van der Waals surface area contributed by atoms with Crippen LogP contribution in [0.4, 0.5) is 4.39 Å². The molecule has 0 radical (unpaired) electrons. The molecule has 1 aromatic heterocycles. The number of hydrogen-bond donors (Lipinski definition) is 0. The number of hydrogen-bond acceptors (Lipinski definition) is 4. The molecule has 7 heteroatoms. The van der Waals surface area contributed by atoms with Crippen LogP contribution in [0.5, 0.6) is 0 Å². The third-order valence-electron chi connectivity index (χ3n) is 8.29. The Labute approximate surface area is 208 Å². The van der Waals surface area contributed by atoms with E-state index in [0.717, 1.165) is 53.5 Å². The highest BCUT2D eigenvalue weighted by molar-refractivity contribution is 6.16. The SMILES string of the molecule is Cc1oc2ccc(-c3ccc(C4=NC5(CC5)C(=O)N4CC4CN(C(=O)C5CC5)C4)cc3F)cc2c1C. The second-order valence-corrected chi connectivity index (χ2v) is 11.0. The van der Waals surface area contributed by atoms with Crippen LogP contribution in [0.2, 0.25) is 0 Å². The van der Waals surface area contributed by atoms with Gasteiger partial charge in [-0.05, 0) is 68.9 Å². The van der Waals surface area contributed by atoms with Crippen LogP contribution in [0.3, 0.4) is 0 Å². The molecular formula is C29H28FN3O3. The van der Waals surface area contributed by atoms with Gasteiger partial charge >= 0.3 is 0 Å². The van der Waals surface area contributed by atoms with Gasteiger partial charge in [0.25, 0.3) is 5.91 Å². The van der Waals surface area contributed by atoms with E-state index in [2.05, 4.69) is 0 Å². The summed E-state index contributed by atoms with van der Waals surface area (Å²) in [6.07, 6.45) is 3.49. The van der Waals surface area contributed by atoms with Crippen molar-refractivity contribution in [3.8, 4) is 11.1 Å². The average Bonchev–Trinajstić information content (AvgIpc) is 3.76. The number of benzene rings is 2. The summed E-state index contributed by atoms with van der Waals surface area (Å²) in [6.45, 7) is 5.82. The monoisotopic (exact) mass is 485 g/mol. The molecule has 3 heterocycles. The van der Waals surface area contributed by atoms with Crippen molar-refractivity contribution in [3.05, 3.63) is 59.1 Å². The fourth-order valence-electron chi connectivity index (χ4n) is 5.60. The molecule has 0 N–H and O–H groups in total. The Morgan fingerprint density at radius 2 is 1.86 bits per heavy atom. The molecule has 2 amide bonds. The number of fused-ring (bicyclic) bond motifs is 1. The standard InChI is InChI=1S/C29H28FN3O3/c1-16-17(2)36-25-8-6-20(11-23(16)25)22-7-5-21(12-24(22)30)26-31-29(9-10-29)28(35)33(26)15-18-13-32(14-18)27(34)19-3-4-19/h5-8,11-12,18-19H,3-4,9-10,13-15H2,1-2H3. The smallest absolute Gasteiger partial charge is 0.256 e. The third kappa shape index (κ3) is 3.32. The Bertz CT molecular complexity index is 1470. The quantitative estimate of drug-likeness (QED) is 0.519. The summed E-state index contributed by atoms with van der Waals surface area (Å²) < 4.78 is 21.2. The number of rotatable bonds is 5. The summed E-state index contributed by atoms with van der Waals surface area (Å²) in [7, 11) is 0. The van der Waals surface area contributed by atoms with Gasteiger partial charge in [-0.3, -0.25) is 19.5 Å². The molecule has 1 spiro atoms. The van der Waals surface area contributed by atoms with Crippen molar-refractivity contribution >= 4 is 28.6 Å². The lowest BCUT2D eigenvalue weighted by atomic mass is 9.97. The number of likely N-dealkylation sites (tertiary alicyclic amines) is 1. The first-order chi connectivity index (χ1) is 17.3. The van der Waals surface area contributed by atoms with Gasteiger partial charge in [-0.1, -0.05) is 18.2 Å². The number of carbonyl (C=O) groups is 2. The highest BCUT2D eigenvalue weighted by atomic mass is 19.1. The van der Waals surface area contributed by atoms with Crippen molar-refractivity contribution in [1.29, 1.82) is 0 Å². The predicted molar refractivity (Wildman–Crippen MR) is 134 cm³/mol. The first-order valence-electron chi connectivity index (χ1n) is 12.8. The molecule has 0 atom stereocenters. The minimum atomic E-state index is -0.653. The predicted octanol–water partition coefficient (Wildman–Crippen LogP) is 4.85. The van der Waals surface area contributed by atoms with Crippen molar-refractivity contribution in [3.63, 3.8) is 0 Å². The Balaban J connectivity index is 1.15. The van der Waals surface area contributed by atoms with E-state index in [1.165, 1.54) is 6.07 Å². The van der Waals surface area contributed by atoms with E-state index in [1.54, 1.807) is 11.0 Å². The van der Waals surface area contributed by atoms with Crippen LogP contribution < -0.4 is 0 Å². The van der Waals surface area contributed by atoms with Gasteiger partial charge < -0.3 is 9.32 Å². The van der Waals surface area contributed by atoms with Gasteiger partial charge in [0, 0.05) is 48.0 Å². The first kappa shape index (κ1) is 21.8. The van der Waals surface area contributed by atoms with Crippen LogP contribution in [-0.2, 0) is 9.59 Å². The Morgan fingerprint density at radius 3 is 2.56 bits per heavy atom. The van der Waals surface area contributed by atoms with Crippen LogP contribution >= 0.6 is 0 Å². The lowest BCUT2D eigenvalue weighted by Gasteiger charge is -2.41. The summed E-state index contributed by atoms with van der Waals surface area (Å²) in [5.74, 6) is 1.80. The van der Waals surface area contributed by atoms with Gasteiger partial charge in [-0.15, -0.1) is 0 Å². The van der Waals surface area contributed by atoms with Crippen molar-refractivity contribution in [2.24, 2.45) is 16.8 Å². The van der Waals surface area contributed by atoms with Gasteiger partial charge in [-0.2, -0.15) is 0 Å². The van der Waals surface area contributed by atoms with Gasteiger partial charge in [0.15, 0.2) is 0 Å².